The highest BCUT2D eigenvalue weighted by molar-refractivity contribution is 7.91. The molecule has 1 N–H and O–H groups in total. The van der Waals surface area contributed by atoms with Gasteiger partial charge in [-0.1, -0.05) is 0 Å². The number of sulfone groups is 1. The van der Waals surface area contributed by atoms with Crippen molar-refractivity contribution in [1.29, 1.82) is 0 Å². The number of sulfonamides is 1. The lowest BCUT2D eigenvalue weighted by Crippen LogP contribution is -2.29. The Morgan fingerprint density at radius 1 is 1.24 bits per heavy atom. The fraction of sp³-hybridized carbons (Fsp3) is 0.417. The second-order valence-electron chi connectivity index (χ2n) is 4.95. The standard InChI is InChI=1S/C12H16N2O5S2/c1-14-11-4-3-10(7-9(11)8-12(14)15)21(18,19)13-5-6-20(2,16)17/h3-4,7,13H,5-6,8H2,1-2H3. The summed E-state index contributed by atoms with van der Waals surface area (Å²) in [5.41, 5.74) is 1.34. The summed E-state index contributed by atoms with van der Waals surface area (Å²) in [7, 11) is -5.38. The summed E-state index contributed by atoms with van der Waals surface area (Å²) in [4.78, 5) is 13.1. The minimum Gasteiger partial charge on any atom is -0.315 e. The Balaban J connectivity index is 2.19. The predicted molar refractivity (Wildman–Crippen MR) is 78.5 cm³/mol. The Morgan fingerprint density at radius 2 is 1.90 bits per heavy atom. The molecule has 1 heterocycles. The van der Waals surface area contributed by atoms with Crippen LogP contribution in [0.25, 0.3) is 0 Å². The Labute approximate surface area is 123 Å². The molecule has 21 heavy (non-hydrogen) atoms. The Hall–Kier alpha value is -1.45. The molecule has 0 aliphatic carbocycles. The number of carbonyl (C=O) groups is 1. The van der Waals surface area contributed by atoms with E-state index in [2.05, 4.69) is 4.72 Å². The van der Waals surface area contributed by atoms with Crippen molar-refractivity contribution >= 4 is 31.5 Å². The predicted octanol–water partition coefficient (Wildman–Crippen LogP) is -0.472. The summed E-state index contributed by atoms with van der Waals surface area (Å²) in [6.45, 7) is -0.183. The highest BCUT2D eigenvalue weighted by Gasteiger charge is 2.26. The third-order valence-corrected chi connectivity index (χ3v) is 5.61. The van der Waals surface area contributed by atoms with Crippen LogP contribution in [0, 0.1) is 0 Å². The summed E-state index contributed by atoms with van der Waals surface area (Å²) < 4.78 is 48.4. The molecule has 0 unspecified atom stereocenters. The van der Waals surface area contributed by atoms with Crippen LogP contribution >= 0.6 is 0 Å². The van der Waals surface area contributed by atoms with Gasteiger partial charge in [-0.25, -0.2) is 21.6 Å². The number of likely N-dealkylation sites (N-methyl/N-ethyl adjacent to an activating group) is 1. The molecule has 1 amide bonds. The van der Waals surface area contributed by atoms with Gasteiger partial charge in [0.15, 0.2) is 0 Å². The molecular weight excluding hydrogens is 316 g/mol. The minimum atomic E-state index is -3.78. The molecule has 116 valence electrons. The van der Waals surface area contributed by atoms with Crippen LogP contribution in [0.4, 0.5) is 5.69 Å². The maximum absolute atomic E-state index is 12.1. The van der Waals surface area contributed by atoms with Gasteiger partial charge in [0.1, 0.15) is 9.84 Å². The van der Waals surface area contributed by atoms with Crippen molar-refractivity contribution in [3.8, 4) is 0 Å². The van der Waals surface area contributed by atoms with Gasteiger partial charge in [-0.2, -0.15) is 0 Å². The van der Waals surface area contributed by atoms with Gasteiger partial charge in [0, 0.05) is 25.5 Å². The lowest BCUT2D eigenvalue weighted by atomic mass is 10.2. The van der Waals surface area contributed by atoms with Gasteiger partial charge in [-0.05, 0) is 23.8 Å². The van der Waals surface area contributed by atoms with Crippen molar-refractivity contribution in [2.75, 3.05) is 30.5 Å². The smallest absolute Gasteiger partial charge is 0.240 e. The van der Waals surface area contributed by atoms with Gasteiger partial charge in [0.05, 0.1) is 17.1 Å². The van der Waals surface area contributed by atoms with E-state index in [-0.39, 0.29) is 29.5 Å². The molecule has 0 bridgehead atoms. The SMILES string of the molecule is CN1C(=O)Cc2cc(S(=O)(=O)NCCS(C)(=O)=O)ccc21. The molecule has 0 aromatic heterocycles. The lowest BCUT2D eigenvalue weighted by Gasteiger charge is -2.11. The zero-order chi connectivity index (χ0) is 15.8. The molecule has 0 spiro atoms. The highest BCUT2D eigenvalue weighted by atomic mass is 32.2. The number of hydrogen-bond donors (Lipinski definition) is 1. The van der Waals surface area contributed by atoms with Crippen LogP contribution in [-0.4, -0.2) is 48.3 Å². The van der Waals surface area contributed by atoms with Gasteiger partial charge in [-0.15, -0.1) is 0 Å². The molecule has 7 nitrogen and oxygen atoms in total. The summed E-state index contributed by atoms with van der Waals surface area (Å²) in [6.07, 6.45) is 1.21. The average molecular weight is 332 g/mol. The summed E-state index contributed by atoms with van der Waals surface area (Å²) in [6, 6.07) is 4.42. The topological polar surface area (TPSA) is 101 Å². The molecule has 9 heteroatoms. The van der Waals surface area contributed by atoms with Gasteiger partial charge in [0.25, 0.3) is 0 Å². The minimum absolute atomic E-state index is 0.0258. The van der Waals surface area contributed by atoms with E-state index in [1.165, 1.54) is 17.0 Å². The molecule has 0 radical (unpaired) electrons. The molecule has 0 fully saturated rings. The molecule has 1 aromatic carbocycles. The zero-order valence-corrected chi connectivity index (χ0v) is 13.3. The van der Waals surface area contributed by atoms with Crippen molar-refractivity contribution in [2.24, 2.45) is 0 Å². The fourth-order valence-corrected chi connectivity index (χ4v) is 3.74. The second-order valence-corrected chi connectivity index (χ2v) is 8.97. The number of amides is 1. The largest absolute Gasteiger partial charge is 0.315 e. The van der Waals surface area contributed by atoms with Gasteiger partial charge in [-0.3, -0.25) is 4.79 Å². The van der Waals surface area contributed by atoms with Crippen LogP contribution in [0.2, 0.25) is 0 Å². The number of fused-ring (bicyclic) bond motifs is 1. The Bertz CT molecular complexity index is 784. The van der Waals surface area contributed by atoms with E-state index in [0.717, 1.165) is 6.26 Å². The van der Waals surface area contributed by atoms with E-state index in [0.29, 0.717) is 11.3 Å². The van der Waals surface area contributed by atoms with E-state index in [9.17, 15) is 21.6 Å². The van der Waals surface area contributed by atoms with Crippen LogP contribution in [-0.2, 0) is 31.1 Å². The Morgan fingerprint density at radius 3 is 2.52 bits per heavy atom. The zero-order valence-electron chi connectivity index (χ0n) is 11.7. The maximum atomic E-state index is 12.1. The molecule has 1 aliphatic heterocycles. The van der Waals surface area contributed by atoms with Crippen LogP contribution in [0.5, 0.6) is 0 Å². The number of benzene rings is 1. The first-order valence-corrected chi connectivity index (χ1v) is 9.71. The molecule has 0 saturated heterocycles. The fourth-order valence-electron chi connectivity index (χ4n) is 2.06. The monoisotopic (exact) mass is 332 g/mol. The first-order chi connectivity index (χ1) is 9.60. The highest BCUT2D eigenvalue weighted by Crippen LogP contribution is 2.29. The van der Waals surface area contributed by atoms with Crippen LogP contribution < -0.4 is 9.62 Å². The van der Waals surface area contributed by atoms with Crippen molar-refractivity contribution in [1.82, 2.24) is 4.72 Å². The van der Waals surface area contributed by atoms with Crippen molar-refractivity contribution in [3.63, 3.8) is 0 Å². The van der Waals surface area contributed by atoms with Gasteiger partial charge >= 0.3 is 0 Å². The summed E-state index contributed by atoms with van der Waals surface area (Å²) in [5.74, 6) is -0.358. The quantitative estimate of drug-likeness (QED) is 0.785. The van der Waals surface area contributed by atoms with Crippen molar-refractivity contribution in [3.05, 3.63) is 23.8 Å². The first kappa shape index (κ1) is 15.9. The summed E-state index contributed by atoms with van der Waals surface area (Å²) in [5, 5.41) is 0. The maximum Gasteiger partial charge on any atom is 0.240 e. The van der Waals surface area contributed by atoms with Crippen molar-refractivity contribution in [2.45, 2.75) is 11.3 Å². The van der Waals surface area contributed by atoms with Gasteiger partial charge < -0.3 is 4.90 Å². The number of rotatable bonds is 5. The third kappa shape index (κ3) is 3.60. The van der Waals surface area contributed by atoms with Crippen molar-refractivity contribution < 1.29 is 21.6 Å². The number of carbonyl (C=O) groups excluding carboxylic acids is 1. The molecule has 1 aromatic rings. The lowest BCUT2D eigenvalue weighted by molar-refractivity contribution is -0.117. The van der Waals surface area contributed by atoms with E-state index in [1.807, 2.05) is 0 Å². The van der Waals surface area contributed by atoms with Gasteiger partial charge in [0.2, 0.25) is 15.9 Å². The normalized spacial score (nSPS) is 15.3. The molecular formula is C12H16N2O5S2. The van der Waals surface area contributed by atoms with Crippen LogP contribution in [0.1, 0.15) is 5.56 Å². The van der Waals surface area contributed by atoms with Crippen LogP contribution in [0.15, 0.2) is 23.1 Å². The van der Waals surface area contributed by atoms with Crippen LogP contribution in [0.3, 0.4) is 0 Å². The Kier molecular flexibility index (Phi) is 4.09. The summed E-state index contributed by atoms with van der Waals surface area (Å²) >= 11 is 0. The number of hydrogen-bond acceptors (Lipinski definition) is 5. The third-order valence-electron chi connectivity index (χ3n) is 3.20. The molecule has 2 rings (SSSR count). The number of nitrogens with one attached hydrogen (secondary N) is 1. The number of anilines is 1. The number of nitrogens with zero attached hydrogens (tertiary/aromatic N) is 1. The van der Waals surface area contributed by atoms with E-state index in [4.69, 9.17) is 0 Å². The van der Waals surface area contributed by atoms with E-state index >= 15 is 0 Å². The molecule has 0 saturated carbocycles. The molecule has 1 aliphatic rings. The molecule has 0 atom stereocenters. The first-order valence-electron chi connectivity index (χ1n) is 6.17. The second kappa shape index (κ2) is 5.39. The van der Waals surface area contributed by atoms with E-state index < -0.39 is 19.9 Å². The van der Waals surface area contributed by atoms with E-state index in [1.54, 1.807) is 13.1 Å². The average Bonchev–Trinajstić information content (AvgIpc) is 2.63.